The van der Waals surface area contributed by atoms with Gasteiger partial charge in [-0.2, -0.15) is 0 Å². The first-order valence-corrected chi connectivity index (χ1v) is 10.2. The molecule has 0 bridgehead atoms. The summed E-state index contributed by atoms with van der Waals surface area (Å²) in [6.07, 6.45) is -0.344. The Morgan fingerprint density at radius 2 is 1.12 bits per heavy atom. The zero-order valence-corrected chi connectivity index (χ0v) is 18.0. The van der Waals surface area contributed by atoms with Gasteiger partial charge in [-0.1, -0.05) is 91.0 Å². The third-order valence-electron chi connectivity index (χ3n) is 5.35. The van der Waals surface area contributed by atoms with Crippen LogP contribution in [0.1, 0.15) is 23.1 Å². The molecule has 0 aliphatic carbocycles. The molecule has 32 heavy (non-hydrogen) atoms. The molecule has 0 saturated heterocycles. The van der Waals surface area contributed by atoms with Gasteiger partial charge < -0.3 is 14.8 Å². The van der Waals surface area contributed by atoms with Crippen molar-refractivity contribution < 1.29 is 23.9 Å². The number of rotatable bonds is 8. The highest BCUT2D eigenvalue weighted by atomic mass is 16.5. The second-order valence-corrected chi connectivity index (χ2v) is 7.18. The first kappa shape index (κ1) is 22.7. The third-order valence-corrected chi connectivity index (χ3v) is 5.35. The standard InChI is InChI=1S/C26H25NO5/c1-31-23(28)18-22(24(29)32-2)27-25(30)26(19-12-6-3-7-13-19,20-14-8-4-9-15-20)21-16-10-5-11-17-21/h3-17,22H,18H2,1-2H3,(H,27,30)/t22-/m0/s1. The summed E-state index contributed by atoms with van der Waals surface area (Å²) in [5.74, 6) is -1.82. The fraction of sp³-hybridized carbons (Fsp3) is 0.192. The van der Waals surface area contributed by atoms with Crippen molar-refractivity contribution in [2.24, 2.45) is 0 Å². The molecule has 3 rings (SSSR count). The van der Waals surface area contributed by atoms with Gasteiger partial charge in [0.05, 0.1) is 20.6 Å². The third kappa shape index (κ3) is 4.54. The van der Waals surface area contributed by atoms with Gasteiger partial charge in [0.15, 0.2) is 0 Å². The Balaban J connectivity index is 2.21. The molecule has 0 aliphatic heterocycles. The predicted octanol–water partition coefficient (Wildman–Crippen LogP) is 3.24. The molecule has 6 heteroatoms. The summed E-state index contributed by atoms with van der Waals surface area (Å²) in [6.45, 7) is 0. The van der Waals surface area contributed by atoms with E-state index in [-0.39, 0.29) is 6.42 Å². The van der Waals surface area contributed by atoms with Crippen LogP contribution in [0.3, 0.4) is 0 Å². The van der Waals surface area contributed by atoms with E-state index in [4.69, 9.17) is 9.47 Å². The van der Waals surface area contributed by atoms with Crippen molar-refractivity contribution >= 4 is 17.8 Å². The molecule has 0 fully saturated rings. The first-order chi connectivity index (χ1) is 15.5. The number of hydrogen-bond acceptors (Lipinski definition) is 5. The molecule has 1 atom stereocenters. The van der Waals surface area contributed by atoms with Crippen LogP contribution in [0.15, 0.2) is 91.0 Å². The number of ether oxygens (including phenoxy) is 2. The summed E-state index contributed by atoms with van der Waals surface area (Å²) in [4.78, 5) is 38.4. The van der Waals surface area contributed by atoms with Crippen LogP contribution in [0, 0.1) is 0 Å². The fourth-order valence-corrected chi connectivity index (χ4v) is 3.81. The highest BCUT2D eigenvalue weighted by Crippen LogP contribution is 2.39. The number of nitrogens with one attached hydrogen (secondary N) is 1. The zero-order chi connectivity index (χ0) is 23.0. The van der Waals surface area contributed by atoms with Crippen molar-refractivity contribution in [2.75, 3.05) is 14.2 Å². The summed E-state index contributed by atoms with van der Waals surface area (Å²) in [6, 6.07) is 26.8. The Kier molecular flexibility index (Phi) is 7.39. The second-order valence-electron chi connectivity index (χ2n) is 7.18. The summed E-state index contributed by atoms with van der Waals surface area (Å²) in [7, 11) is 2.43. The minimum Gasteiger partial charge on any atom is -0.469 e. The van der Waals surface area contributed by atoms with Gasteiger partial charge in [-0.15, -0.1) is 0 Å². The van der Waals surface area contributed by atoms with Gasteiger partial charge in [0.25, 0.3) is 0 Å². The van der Waals surface area contributed by atoms with Gasteiger partial charge in [-0.05, 0) is 16.7 Å². The lowest BCUT2D eigenvalue weighted by molar-refractivity contribution is -0.151. The summed E-state index contributed by atoms with van der Waals surface area (Å²) >= 11 is 0. The number of benzene rings is 3. The maximum atomic E-state index is 14.1. The van der Waals surface area contributed by atoms with Crippen LogP contribution in [0.5, 0.6) is 0 Å². The zero-order valence-electron chi connectivity index (χ0n) is 18.0. The molecule has 0 unspecified atom stereocenters. The maximum absolute atomic E-state index is 14.1. The number of hydrogen-bond donors (Lipinski definition) is 1. The van der Waals surface area contributed by atoms with Crippen LogP contribution in [-0.4, -0.2) is 38.1 Å². The van der Waals surface area contributed by atoms with E-state index in [2.05, 4.69) is 5.32 Å². The molecule has 6 nitrogen and oxygen atoms in total. The van der Waals surface area contributed by atoms with Gasteiger partial charge in [-0.25, -0.2) is 4.79 Å². The van der Waals surface area contributed by atoms with E-state index in [1.54, 1.807) is 0 Å². The van der Waals surface area contributed by atoms with Gasteiger partial charge in [0.1, 0.15) is 11.5 Å². The first-order valence-electron chi connectivity index (χ1n) is 10.2. The summed E-state index contributed by atoms with van der Waals surface area (Å²) in [5, 5.41) is 2.76. The van der Waals surface area contributed by atoms with Gasteiger partial charge >= 0.3 is 11.9 Å². The van der Waals surface area contributed by atoms with Crippen molar-refractivity contribution in [3.05, 3.63) is 108 Å². The molecule has 1 N–H and O–H groups in total. The Labute approximate surface area is 187 Å². The SMILES string of the molecule is COC(=O)C[C@H](NC(=O)C(c1ccccc1)(c1ccccc1)c1ccccc1)C(=O)OC. The summed E-state index contributed by atoms with van der Waals surface area (Å²) < 4.78 is 9.53. The lowest BCUT2D eigenvalue weighted by Gasteiger charge is -2.35. The van der Waals surface area contributed by atoms with Crippen molar-refractivity contribution in [1.29, 1.82) is 0 Å². The molecular weight excluding hydrogens is 406 g/mol. The minimum absolute atomic E-state index is 0.344. The highest BCUT2D eigenvalue weighted by molar-refractivity contribution is 5.99. The Morgan fingerprint density at radius 3 is 1.47 bits per heavy atom. The van der Waals surface area contributed by atoms with Crippen LogP contribution in [0.25, 0.3) is 0 Å². The van der Waals surface area contributed by atoms with E-state index in [1.807, 2.05) is 91.0 Å². The number of methoxy groups -OCH3 is 2. The van der Waals surface area contributed by atoms with Crippen LogP contribution < -0.4 is 5.32 Å². The average Bonchev–Trinajstić information content (AvgIpc) is 2.85. The van der Waals surface area contributed by atoms with Gasteiger partial charge in [0, 0.05) is 0 Å². The Hall–Kier alpha value is -3.93. The van der Waals surface area contributed by atoms with Crippen molar-refractivity contribution in [3.8, 4) is 0 Å². The quantitative estimate of drug-likeness (QED) is 0.437. The van der Waals surface area contributed by atoms with E-state index in [1.165, 1.54) is 14.2 Å². The van der Waals surface area contributed by atoms with E-state index in [9.17, 15) is 14.4 Å². The van der Waals surface area contributed by atoms with Crippen molar-refractivity contribution in [2.45, 2.75) is 17.9 Å². The van der Waals surface area contributed by atoms with Crippen LogP contribution >= 0.6 is 0 Å². The molecule has 164 valence electrons. The molecule has 0 saturated carbocycles. The molecule has 0 spiro atoms. The molecule has 0 aromatic heterocycles. The molecule has 1 amide bonds. The number of carbonyl (C=O) groups excluding carboxylic acids is 3. The van der Waals surface area contributed by atoms with E-state index >= 15 is 0 Å². The number of amides is 1. The molecule has 3 aromatic rings. The largest absolute Gasteiger partial charge is 0.469 e. The maximum Gasteiger partial charge on any atom is 0.328 e. The smallest absolute Gasteiger partial charge is 0.328 e. The number of esters is 2. The van der Waals surface area contributed by atoms with Crippen LogP contribution in [0.2, 0.25) is 0 Å². The second kappa shape index (κ2) is 10.4. The summed E-state index contributed by atoms with van der Waals surface area (Å²) in [5.41, 5.74) is 0.886. The Morgan fingerprint density at radius 1 is 0.719 bits per heavy atom. The molecular formula is C26H25NO5. The van der Waals surface area contributed by atoms with Gasteiger partial charge in [0.2, 0.25) is 5.91 Å². The monoisotopic (exact) mass is 431 g/mol. The molecule has 0 radical (unpaired) electrons. The molecule has 0 aliphatic rings. The lowest BCUT2D eigenvalue weighted by atomic mass is 9.68. The minimum atomic E-state index is -1.27. The fourth-order valence-electron chi connectivity index (χ4n) is 3.81. The molecule has 3 aromatic carbocycles. The van der Waals surface area contributed by atoms with E-state index in [0.29, 0.717) is 0 Å². The van der Waals surface area contributed by atoms with Crippen molar-refractivity contribution in [3.63, 3.8) is 0 Å². The van der Waals surface area contributed by atoms with Crippen molar-refractivity contribution in [1.82, 2.24) is 5.32 Å². The normalized spacial score (nSPS) is 11.8. The van der Waals surface area contributed by atoms with Crippen LogP contribution in [0.4, 0.5) is 0 Å². The Bertz CT molecular complexity index is 955. The lowest BCUT2D eigenvalue weighted by Crippen LogP contribution is -2.52. The van der Waals surface area contributed by atoms with E-state index in [0.717, 1.165) is 16.7 Å². The van der Waals surface area contributed by atoms with Gasteiger partial charge in [-0.3, -0.25) is 9.59 Å². The van der Waals surface area contributed by atoms with Crippen LogP contribution in [-0.2, 0) is 29.3 Å². The molecule has 0 heterocycles. The average molecular weight is 431 g/mol. The number of carbonyl (C=O) groups is 3. The van der Waals surface area contributed by atoms with E-state index < -0.39 is 29.3 Å². The predicted molar refractivity (Wildman–Crippen MR) is 120 cm³/mol. The topological polar surface area (TPSA) is 81.7 Å². The highest BCUT2D eigenvalue weighted by Gasteiger charge is 2.45.